The monoisotopic (exact) mass is 190 g/mol. The molecule has 3 atom stereocenters. The van der Waals surface area contributed by atoms with Gasteiger partial charge in [0.15, 0.2) is 0 Å². The van der Waals surface area contributed by atoms with Crippen LogP contribution < -0.4 is 0 Å². The molecule has 1 aliphatic rings. The van der Waals surface area contributed by atoms with Crippen molar-refractivity contribution in [3.8, 4) is 0 Å². The Balaban J connectivity index is 2.59. The molecule has 0 saturated heterocycles. The van der Waals surface area contributed by atoms with Gasteiger partial charge in [-0.25, -0.2) is 0 Å². The van der Waals surface area contributed by atoms with Gasteiger partial charge >= 0.3 is 0 Å². The fraction of sp³-hybridized carbons (Fsp3) is 1.00. The van der Waals surface area contributed by atoms with Crippen LogP contribution in [0, 0.1) is 0 Å². The molecule has 13 heavy (non-hydrogen) atoms. The molecule has 0 aromatic rings. The predicted octanol–water partition coefficient (Wildman–Crippen LogP) is -0.604. The van der Waals surface area contributed by atoms with Crippen LogP contribution in [-0.4, -0.2) is 44.8 Å². The van der Waals surface area contributed by atoms with Gasteiger partial charge in [0, 0.05) is 6.61 Å². The van der Waals surface area contributed by atoms with Crippen LogP contribution in [-0.2, 0) is 0 Å². The van der Waals surface area contributed by atoms with Crippen molar-refractivity contribution in [3.05, 3.63) is 0 Å². The third kappa shape index (κ3) is 2.20. The number of rotatable bonds is 3. The van der Waals surface area contributed by atoms with Crippen LogP contribution >= 0.6 is 0 Å². The zero-order valence-electron chi connectivity index (χ0n) is 7.69. The van der Waals surface area contributed by atoms with Gasteiger partial charge in [0.1, 0.15) is 5.60 Å². The highest BCUT2D eigenvalue weighted by molar-refractivity contribution is 4.95. The van der Waals surface area contributed by atoms with E-state index in [0.29, 0.717) is 12.8 Å². The molecule has 0 spiro atoms. The third-order valence-corrected chi connectivity index (χ3v) is 2.86. The van der Waals surface area contributed by atoms with Crippen molar-refractivity contribution in [3.63, 3.8) is 0 Å². The molecule has 0 bridgehead atoms. The number of hydrogen-bond donors (Lipinski definition) is 4. The lowest BCUT2D eigenvalue weighted by Gasteiger charge is -2.40. The van der Waals surface area contributed by atoms with E-state index in [1.54, 1.807) is 0 Å². The van der Waals surface area contributed by atoms with Crippen molar-refractivity contribution in [2.45, 2.75) is 49.9 Å². The molecule has 0 amide bonds. The number of aliphatic hydroxyl groups excluding tert-OH is 3. The molecule has 0 radical (unpaired) electrons. The molecular formula is C9H18O4. The predicted molar refractivity (Wildman–Crippen MR) is 47.1 cm³/mol. The second kappa shape index (κ2) is 4.37. The summed E-state index contributed by atoms with van der Waals surface area (Å²) in [5.74, 6) is 0. The Kier molecular flexibility index (Phi) is 3.67. The summed E-state index contributed by atoms with van der Waals surface area (Å²) in [6.07, 6.45) is 0.878. The number of hydrogen-bond acceptors (Lipinski definition) is 4. The van der Waals surface area contributed by atoms with E-state index in [1.807, 2.05) is 0 Å². The van der Waals surface area contributed by atoms with Crippen LogP contribution in [0.5, 0.6) is 0 Å². The van der Waals surface area contributed by atoms with Crippen LogP contribution in [0.25, 0.3) is 0 Å². The third-order valence-electron chi connectivity index (χ3n) is 2.86. The summed E-state index contributed by atoms with van der Waals surface area (Å²) in [4.78, 5) is 0. The molecule has 4 N–H and O–H groups in total. The quantitative estimate of drug-likeness (QED) is 0.479. The molecule has 1 aliphatic carbocycles. The Morgan fingerprint density at radius 2 is 2.08 bits per heavy atom. The first-order chi connectivity index (χ1) is 6.11. The van der Waals surface area contributed by atoms with E-state index in [4.69, 9.17) is 5.11 Å². The van der Waals surface area contributed by atoms with Crippen molar-refractivity contribution < 1.29 is 20.4 Å². The zero-order valence-corrected chi connectivity index (χ0v) is 7.69. The summed E-state index contributed by atoms with van der Waals surface area (Å²) < 4.78 is 0. The lowest BCUT2D eigenvalue weighted by Crippen LogP contribution is -2.54. The molecule has 1 saturated carbocycles. The summed E-state index contributed by atoms with van der Waals surface area (Å²) >= 11 is 0. The maximum absolute atomic E-state index is 9.93. The van der Waals surface area contributed by atoms with Crippen molar-refractivity contribution in [1.82, 2.24) is 0 Å². The van der Waals surface area contributed by atoms with Gasteiger partial charge in [0.05, 0.1) is 12.2 Å². The van der Waals surface area contributed by atoms with Gasteiger partial charge in [-0.2, -0.15) is 0 Å². The summed E-state index contributed by atoms with van der Waals surface area (Å²) in [7, 11) is 0. The lowest BCUT2D eigenvalue weighted by atomic mass is 9.77. The smallest absolute Gasteiger partial charge is 0.116 e. The van der Waals surface area contributed by atoms with Gasteiger partial charge in [0.2, 0.25) is 0 Å². The molecule has 1 fully saturated rings. The first-order valence-corrected chi connectivity index (χ1v) is 4.80. The summed E-state index contributed by atoms with van der Waals surface area (Å²) in [5.41, 5.74) is -1.40. The van der Waals surface area contributed by atoms with Gasteiger partial charge in [-0.1, -0.05) is 12.8 Å². The minimum atomic E-state index is -1.40. The van der Waals surface area contributed by atoms with Gasteiger partial charge in [0.25, 0.3) is 0 Å². The molecule has 0 aromatic carbocycles. The minimum Gasteiger partial charge on any atom is -0.396 e. The summed E-state index contributed by atoms with van der Waals surface area (Å²) in [5, 5.41) is 37.6. The Hall–Kier alpha value is -0.160. The second-order valence-corrected chi connectivity index (χ2v) is 3.78. The first kappa shape index (κ1) is 10.9. The van der Waals surface area contributed by atoms with E-state index in [9.17, 15) is 15.3 Å². The highest BCUT2D eigenvalue weighted by Gasteiger charge is 2.43. The van der Waals surface area contributed by atoms with E-state index >= 15 is 0 Å². The molecular weight excluding hydrogens is 172 g/mol. The molecule has 0 aromatic heterocycles. The van der Waals surface area contributed by atoms with Crippen LogP contribution in [0.4, 0.5) is 0 Å². The lowest BCUT2D eigenvalue weighted by molar-refractivity contribution is -0.167. The fourth-order valence-corrected chi connectivity index (χ4v) is 1.92. The van der Waals surface area contributed by atoms with Crippen LogP contribution in [0.1, 0.15) is 32.1 Å². The van der Waals surface area contributed by atoms with Gasteiger partial charge in [-0.15, -0.1) is 0 Å². The van der Waals surface area contributed by atoms with Crippen molar-refractivity contribution in [2.24, 2.45) is 0 Å². The summed E-state index contributed by atoms with van der Waals surface area (Å²) in [6.45, 7) is -0.170. The van der Waals surface area contributed by atoms with E-state index in [2.05, 4.69) is 0 Å². The standard InChI is InChI=1S/C9H18O4/c10-6-4-8(12)9(13)5-2-1-3-7(9)11/h7-8,10-13H,1-6H2. The molecule has 0 heterocycles. The Bertz CT molecular complexity index is 162. The van der Waals surface area contributed by atoms with Crippen LogP contribution in [0.2, 0.25) is 0 Å². The molecule has 1 rings (SSSR count). The van der Waals surface area contributed by atoms with E-state index in [1.165, 1.54) is 0 Å². The van der Waals surface area contributed by atoms with Gasteiger partial charge in [-0.3, -0.25) is 0 Å². The van der Waals surface area contributed by atoms with E-state index in [-0.39, 0.29) is 13.0 Å². The Morgan fingerprint density at radius 3 is 2.62 bits per heavy atom. The fourth-order valence-electron chi connectivity index (χ4n) is 1.92. The summed E-state index contributed by atoms with van der Waals surface area (Å²) in [6, 6.07) is 0. The second-order valence-electron chi connectivity index (χ2n) is 3.78. The maximum atomic E-state index is 9.93. The largest absolute Gasteiger partial charge is 0.396 e. The van der Waals surface area contributed by atoms with Crippen molar-refractivity contribution in [1.29, 1.82) is 0 Å². The van der Waals surface area contributed by atoms with E-state index in [0.717, 1.165) is 12.8 Å². The first-order valence-electron chi connectivity index (χ1n) is 4.80. The molecule has 4 heteroatoms. The maximum Gasteiger partial charge on any atom is 0.116 e. The highest BCUT2D eigenvalue weighted by Crippen LogP contribution is 2.32. The van der Waals surface area contributed by atoms with Crippen molar-refractivity contribution in [2.75, 3.05) is 6.61 Å². The van der Waals surface area contributed by atoms with Crippen molar-refractivity contribution >= 4 is 0 Å². The molecule has 0 aliphatic heterocycles. The SMILES string of the molecule is OCCC(O)C1(O)CCCCC1O. The molecule has 78 valence electrons. The molecule has 3 unspecified atom stereocenters. The van der Waals surface area contributed by atoms with Crippen LogP contribution in [0.15, 0.2) is 0 Å². The van der Waals surface area contributed by atoms with Crippen LogP contribution in [0.3, 0.4) is 0 Å². The normalized spacial score (nSPS) is 37.4. The molecule has 4 nitrogen and oxygen atoms in total. The average molecular weight is 190 g/mol. The number of aliphatic hydroxyl groups is 4. The minimum absolute atomic E-state index is 0.119. The van der Waals surface area contributed by atoms with Gasteiger partial charge < -0.3 is 20.4 Å². The average Bonchev–Trinajstić information content (AvgIpc) is 2.11. The topological polar surface area (TPSA) is 80.9 Å². The zero-order chi connectivity index (χ0) is 9.90. The Labute approximate surface area is 77.8 Å². The highest BCUT2D eigenvalue weighted by atomic mass is 16.4. The van der Waals surface area contributed by atoms with Gasteiger partial charge in [-0.05, 0) is 19.3 Å². The van der Waals surface area contributed by atoms with E-state index < -0.39 is 17.8 Å². The Morgan fingerprint density at radius 1 is 1.38 bits per heavy atom.